The maximum Gasteiger partial charge on any atom is 0.304 e. The predicted octanol–water partition coefficient (Wildman–Crippen LogP) is 7.87. The molecule has 7 rings (SSSR count). The molecule has 46 heavy (non-hydrogen) atoms. The predicted molar refractivity (Wildman–Crippen MR) is 180 cm³/mol. The van der Waals surface area contributed by atoms with Crippen molar-refractivity contribution in [3.8, 4) is 0 Å². The summed E-state index contributed by atoms with van der Waals surface area (Å²) in [4.78, 5) is 71.0. The van der Waals surface area contributed by atoms with Gasteiger partial charge in [0.05, 0.1) is 6.42 Å². The maximum absolute atomic E-state index is 14.1. The monoisotopic (exact) mass is 634 g/mol. The van der Waals surface area contributed by atoms with E-state index in [0.717, 1.165) is 37.2 Å². The van der Waals surface area contributed by atoms with Gasteiger partial charge in [0, 0.05) is 66.5 Å². The van der Waals surface area contributed by atoms with Crippen LogP contribution in [0.15, 0.2) is 47.4 Å². The number of carbonyl (C=O) groups is 5. The Balaban J connectivity index is 1.59. The van der Waals surface area contributed by atoms with Crippen LogP contribution in [-0.2, 0) is 4.79 Å². The SMILES string of the molecule is CCC(CC)N1C(=O)c2ccc3c4ccc5c6c(cc(SCCC(=O)O)c(c7ccc(c2c37)C1=O)c64)C(=O)N(C(CC)CC)C5=O. The van der Waals surface area contributed by atoms with E-state index in [2.05, 4.69) is 0 Å². The summed E-state index contributed by atoms with van der Waals surface area (Å²) < 4.78 is 0. The average Bonchev–Trinajstić information content (AvgIpc) is 3.05. The topological polar surface area (TPSA) is 112 Å². The smallest absolute Gasteiger partial charge is 0.304 e. The molecule has 0 atom stereocenters. The van der Waals surface area contributed by atoms with Crippen molar-refractivity contribution >= 4 is 84.4 Å². The highest BCUT2D eigenvalue weighted by Gasteiger charge is 2.40. The molecule has 0 fully saturated rings. The van der Waals surface area contributed by atoms with Gasteiger partial charge < -0.3 is 5.11 Å². The molecular weight excluding hydrogens is 600 g/mol. The molecule has 0 saturated heterocycles. The van der Waals surface area contributed by atoms with E-state index in [1.807, 2.05) is 52.0 Å². The largest absolute Gasteiger partial charge is 0.481 e. The third-order valence-electron chi connectivity index (χ3n) is 9.95. The van der Waals surface area contributed by atoms with Crippen LogP contribution < -0.4 is 0 Å². The summed E-state index contributed by atoms with van der Waals surface area (Å²) in [5.41, 5.74) is 1.84. The van der Waals surface area contributed by atoms with Gasteiger partial charge in [-0.1, -0.05) is 45.9 Å². The third kappa shape index (κ3) is 4.03. The molecule has 234 valence electrons. The number of hydrogen-bond donors (Lipinski definition) is 1. The number of carboxylic acids is 1. The van der Waals surface area contributed by atoms with Crippen LogP contribution in [0, 0.1) is 0 Å². The first-order valence-corrected chi connectivity index (χ1v) is 17.0. The van der Waals surface area contributed by atoms with Crippen LogP contribution in [0.4, 0.5) is 0 Å². The molecule has 5 aromatic carbocycles. The summed E-state index contributed by atoms with van der Waals surface area (Å²) in [5.74, 6) is -1.91. The van der Waals surface area contributed by atoms with E-state index in [9.17, 15) is 29.1 Å². The standard InChI is InChI=1S/C37H34N2O6S/c1-5-18(6-2)38-34(42)23-12-9-20-21-10-13-25-31-26(37(45)39(36(25)44)19(7-3)8-4)17-27(46-16-15-28(40)41)32(33(21)31)22-11-14-24(35(38)43)30(23)29(20)22/h9-14,17-19H,5-8,15-16H2,1-4H3,(H,40,41). The minimum atomic E-state index is -0.921. The third-order valence-corrected chi connectivity index (χ3v) is 11.0. The van der Waals surface area contributed by atoms with Gasteiger partial charge in [0.25, 0.3) is 23.6 Å². The molecule has 0 bridgehead atoms. The van der Waals surface area contributed by atoms with Gasteiger partial charge >= 0.3 is 5.97 Å². The van der Waals surface area contributed by atoms with Gasteiger partial charge in [-0.05, 0) is 71.5 Å². The van der Waals surface area contributed by atoms with Gasteiger partial charge in [0.2, 0.25) is 0 Å². The Morgan fingerprint density at radius 2 is 1.04 bits per heavy atom. The molecule has 4 amide bonds. The summed E-state index contributed by atoms with van der Waals surface area (Å²) in [7, 11) is 0. The molecule has 2 aliphatic rings. The quantitative estimate of drug-likeness (QED) is 0.0720. The molecule has 0 saturated carbocycles. The van der Waals surface area contributed by atoms with Gasteiger partial charge in [-0.2, -0.15) is 0 Å². The van der Waals surface area contributed by atoms with E-state index in [0.29, 0.717) is 58.7 Å². The number of thioether (sulfide) groups is 1. The molecule has 0 aliphatic carbocycles. The van der Waals surface area contributed by atoms with Crippen LogP contribution in [0.3, 0.4) is 0 Å². The van der Waals surface area contributed by atoms with Crippen molar-refractivity contribution in [2.24, 2.45) is 0 Å². The van der Waals surface area contributed by atoms with Crippen LogP contribution >= 0.6 is 11.8 Å². The summed E-state index contributed by atoms with van der Waals surface area (Å²) >= 11 is 1.36. The minimum absolute atomic E-state index is 0.0688. The van der Waals surface area contributed by atoms with Gasteiger partial charge in [0.1, 0.15) is 0 Å². The zero-order valence-corrected chi connectivity index (χ0v) is 27.0. The van der Waals surface area contributed by atoms with Gasteiger partial charge in [-0.25, -0.2) is 0 Å². The van der Waals surface area contributed by atoms with Crippen LogP contribution in [0.25, 0.3) is 43.1 Å². The maximum atomic E-state index is 14.1. The fraction of sp³-hybridized carbons (Fsp3) is 0.324. The van der Waals surface area contributed by atoms with E-state index in [1.165, 1.54) is 21.6 Å². The highest BCUT2D eigenvalue weighted by Crippen LogP contribution is 2.49. The number of aliphatic carboxylic acids is 1. The van der Waals surface area contributed by atoms with Crippen molar-refractivity contribution in [1.82, 2.24) is 9.80 Å². The molecule has 8 nitrogen and oxygen atoms in total. The van der Waals surface area contributed by atoms with Crippen molar-refractivity contribution in [2.45, 2.75) is 76.8 Å². The van der Waals surface area contributed by atoms with Crippen LogP contribution in [-0.4, -0.2) is 62.3 Å². The molecule has 2 heterocycles. The lowest BCUT2D eigenvalue weighted by Gasteiger charge is -2.35. The molecule has 0 radical (unpaired) electrons. The number of nitrogens with zero attached hydrogens (tertiary/aromatic N) is 2. The summed E-state index contributed by atoms with van der Waals surface area (Å²) in [6, 6.07) is 12.5. The van der Waals surface area contributed by atoms with Crippen molar-refractivity contribution < 1.29 is 29.1 Å². The van der Waals surface area contributed by atoms with Crippen molar-refractivity contribution in [3.63, 3.8) is 0 Å². The molecule has 0 spiro atoms. The second-order valence-electron chi connectivity index (χ2n) is 12.2. The number of fused-ring (bicyclic) bond motifs is 2. The van der Waals surface area contributed by atoms with Gasteiger partial charge in [-0.15, -0.1) is 11.8 Å². The van der Waals surface area contributed by atoms with E-state index in [1.54, 1.807) is 18.2 Å². The van der Waals surface area contributed by atoms with E-state index in [4.69, 9.17) is 0 Å². The first kappa shape index (κ1) is 30.2. The first-order valence-electron chi connectivity index (χ1n) is 16.0. The highest BCUT2D eigenvalue weighted by molar-refractivity contribution is 7.99. The van der Waals surface area contributed by atoms with Crippen LogP contribution in [0.1, 0.15) is 101 Å². The molecule has 5 aromatic rings. The molecule has 9 heteroatoms. The summed E-state index contributed by atoms with van der Waals surface area (Å²) in [5, 5.41) is 15.4. The Kier molecular flexibility index (Phi) is 7.27. The van der Waals surface area contributed by atoms with Crippen molar-refractivity contribution in [3.05, 3.63) is 64.7 Å². The summed E-state index contributed by atoms with van der Waals surface area (Å²) in [6.07, 6.45) is 2.52. The zero-order valence-electron chi connectivity index (χ0n) is 26.2. The molecule has 2 aliphatic heterocycles. The van der Waals surface area contributed by atoms with Gasteiger partial charge in [0.15, 0.2) is 0 Å². The lowest BCUT2D eigenvalue weighted by molar-refractivity contribution is -0.136. The number of carboxylic acid groups (broad SMARTS) is 1. The fourth-order valence-electron chi connectivity index (χ4n) is 7.70. The Morgan fingerprint density at radius 3 is 1.52 bits per heavy atom. The fourth-order valence-corrected chi connectivity index (χ4v) is 8.75. The Hall–Kier alpha value is -4.50. The minimum Gasteiger partial charge on any atom is -0.481 e. The number of imide groups is 2. The Morgan fingerprint density at radius 1 is 0.609 bits per heavy atom. The Bertz CT molecular complexity index is 2140. The van der Waals surface area contributed by atoms with E-state index in [-0.39, 0.29) is 47.9 Å². The number of carbonyl (C=O) groups excluding carboxylic acids is 4. The number of benzene rings is 5. The number of amides is 4. The van der Waals surface area contributed by atoms with Crippen molar-refractivity contribution in [1.29, 1.82) is 0 Å². The Labute approximate surface area is 270 Å². The van der Waals surface area contributed by atoms with Crippen LogP contribution in [0.5, 0.6) is 0 Å². The first-order chi connectivity index (χ1) is 22.2. The lowest BCUT2D eigenvalue weighted by atomic mass is 9.81. The average molecular weight is 635 g/mol. The molecule has 0 unspecified atom stereocenters. The lowest BCUT2D eigenvalue weighted by Crippen LogP contribution is -2.46. The van der Waals surface area contributed by atoms with Gasteiger partial charge in [-0.3, -0.25) is 33.8 Å². The highest BCUT2D eigenvalue weighted by atomic mass is 32.2. The number of rotatable bonds is 10. The van der Waals surface area contributed by atoms with Crippen molar-refractivity contribution in [2.75, 3.05) is 5.75 Å². The second-order valence-corrected chi connectivity index (χ2v) is 13.3. The second kappa shape index (κ2) is 11.1. The molecule has 0 aromatic heterocycles. The molecular formula is C37H34N2O6S. The number of hydrogen-bond acceptors (Lipinski definition) is 6. The van der Waals surface area contributed by atoms with E-state index < -0.39 is 5.97 Å². The summed E-state index contributed by atoms with van der Waals surface area (Å²) in [6.45, 7) is 7.88. The normalized spacial score (nSPS) is 14.9. The zero-order chi connectivity index (χ0) is 32.6. The van der Waals surface area contributed by atoms with Crippen LogP contribution in [0.2, 0.25) is 0 Å². The van der Waals surface area contributed by atoms with E-state index >= 15 is 0 Å². The molecule has 1 N–H and O–H groups in total.